The molecule has 1 fully saturated rings. The molecule has 5 rings (SSSR count). The van der Waals surface area contributed by atoms with Crippen LogP contribution in [-0.2, 0) is 0 Å². The van der Waals surface area contributed by atoms with Gasteiger partial charge >= 0.3 is 0 Å². The van der Waals surface area contributed by atoms with Crippen LogP contribution in [0.5, 0.6) is 0 Å². The molecule has 200 valence electrons. The summed E-state index contributed by atoms with van der Waals surface area (Å²) in [6, 6.07) is 8.55. The number of H-pyrrole nitrogens is 1. The monoisotopic (exact) mass is 535 g/mol. The predicted molar refractivity (Wildman–Crippen MR) is 168 cm³/mol. The van der Waals surface area contributed by atoms with Crippen molar-refractivity contribution < 1.29 is 0 Å². The van der Waals surface area contributed by atoms with Gasteiger partial charge in [-0.25, -0.2) is 4.98 Å². The van der Waals surface area contributed by atoms with Crippen LogP contribution >= 0.6 is 11.3 Å². The second kappa shape index (κ2) is 12.4. The molecule has 1 saturated carbocycles. The fraction of sp³-hybridized carbons (Fsp3) is 0.273. The van der Waals surface area contributed by atoms with E-state index in [2.05, 4.69) is 87.9 Å². The number of rotatable bonds is 11. The maximum Gasteiger partial charge on any atom is 0.138 e. The fourth-order valence-corrected chi connectivity index (χ4v) is 6.03. The van der Waals surface area contributed by atoms with E-state index in [0.29, 0.717) is 0 Å². The Morgan fingerprint density at radius 1 is 1.21 bits per heavy atom. The molecular formula is C33H37N5S. The summed E-state index contributed by atoms with van der Waals surface area (Å²) in [5.41, 5.74) is 10.2. The second-order valence-corrected chi connectivity index (χ2v) is 10.9. The average Bonchev–Trinajstić information content (AvgIpc) is 3.76. The van der Waals surface area contributed by atoms with Crippen molar-refractivity contribution in [1.82, 2.24) is 20.3 Å². The summed E-state index contributed by atoms with van der Waals surface area (Å²) >= 11 is 1.67. The Morgan fingerprint density at radius 3 is 2.77 bits per heavy atom. The highest BCUT2D eigenvalue weighted by molar-refractivity contribution is 7.08. The predicted octanol–water partition coefficient (Wildman–Crippen LogP) is 8.09. The lowest BCUT2D eigenvalue weighted by Crippen LogP contribution is -2.23. The molecule has 3 N–H and O–H groups in total. The van der Waals surface area contributed by atoms with Gasteiger partial charge in [0.15, 0.2) is 0 Å². The maximum absolute atomic E-state index is 4.98. The summed E-state index contributed by atoms with van der Waals surface area (Å²) in [5, 5.41) is 11.2. The van der Waals surface area contributed by atoms with E-state index >= 15 is 0 Å². The summed E-state index contributed by atoms with van der Waals surface area (Å²) in [4.78, 5) is 12.9. The third-order valence-corrected chi connectivity index (χ3v) is 8.29. The van der Waals surface area contributed by atoms with Crippen LogP contribution in [0.25, 0.3) is 33.3 Å². The molecule has 0 bridgehead atoms. The largest absolute Gasteiger partial charge is 0.388 e. The van der Waals surface area contributed by atoms with Crippen molar-refractivity contribution in [3.05, 3.63) is 101 Å². The zero-order valence-electron chi connectivity index (χ0n) is 22.9. The van der Waals surface area contributed by atoms with Gasteiger partial charge in [0.2, 0.25) is 0 Å². The molecule has 0 spiro atoms. The number of nitrogens with one attached hydrogen (secondary N) is 3. The minimum absolute atomic E-state index is 0.739. The summed E-state index contributed by atoms with van der Waals surface area (Å²) in [7, 11) is 1.94. The SMILES string of the molecule is C=C/C(=C\C(=C/C)c1ccc(NC)c(C(=C)c2nc3c(-c4ccsc4)cncc3[nH]2)c1)CNCC1CCCC1. The molecule has 6 heteroatoms. The van der Waals surface area contributed by atoms with E-state index in [-0.39, 0.29) is 0 Å². The molecular weight excluding hydrogens is 498 g/mol. The number of fused-ring (bicyclic) bond motifs is 1. The molecule has 1 aromatic carbocycles. The van der Waals surface area contributed by atoms with Gasteiger partial charge < -0.3 is 15.6 Å². The number of benzene rings is 1. The highest BCUT2D eigenvalue weighted by Crippen LogP contribution is 2.34. The molecule has 0 aliphatic heterocycles. The first-order valence-corrected chi connectivity index (χ1v) is 14.6. The molecule has 1 aliphatic carbocycles. The van der Waals surface area contributed by atoms with Gasteiger partial charge in [-0.2, -0.15) is 11.3 Å². The number of pyridine rings is 1. The summed E-state index contributed by atoms with van der Waals surface area (Å²) < 4.78 is 0. The van der Waals surface area contributed by atoms with E-state index < -0.39 is 0 Å². The number of aromatic amines is 1. The highest BCUT2D eigenvalue weighted by atomic mass is 32.1. The second-order valence-electron chi connectivity index (χ2n) is 10.1. The smallest absolute Gasteiger partial charge is 0.138 e. The lowest BCUT2D eigenvalue weighted by molar-refractivity contribution is 0.503. The number of allylic oxidation sites excluding steroid dienone is 3. The topological polar surface area (TPSA) is 65.6 Å². The molecule has 5 nitrogen and oxygen atoms in total. The van der Waals surface area contributed by atoms with Gasteiger partial charge in [0.1, 0.15) is 5.82 Å². The Bertz CT molecular complexity index is 1520. The van der Waals surface area contributed by atoms with Crippen LogP contribution in [0.3, 0.4) is 0 Å². The fourth-order valence-electron chi connectivity index (χ4n) is 5.37. The van der Waals surface area contributed by atoms with E-state index in [0.717, 1.165) is 75.0 Å². The zero-order chi connectivity index (χ0) is 27.2. The van der Waals surface area contributed by atoms with Crippen LogP contribution in [0.2, 0.25) is 0 Å². The van der Waals surface area contributed by atoms with E-state index in [1.807, 2.05) is 25.5 Å². The first-order valence-electron chi connectivity index (χ1n) is 13.7. The molecule has 0 atom stereocenters. The maximum atomic E-state index is 4.98. The van der Waals surface area contributed by atoms with Gasteiger partial charge in [-0.1, -0.05) is 50.3 Å². The quantitative estimate of drug-likeness (QED) is 0.170. The first-order chi connectivity index (χ1) is 19.1. The van der Waals surface area contributed by atoms with E-state index in [4.69, 9.17) is 4.98 Å². The molecule has 3 aromatic heterocycles. The van der Waals surface area contributed by atoms with Crippen molar-refractivity contribution in [3.8, 4) is 11.1 Å². The summed E-state index contributed by atoms with van der Waals surface area (Å²) in [5.74, 6) is 1.55. The Morgan fingerprint density at radius 2 is 2.05 bits per heavy atom. The van der Waals surface area contributed by atoms with Crippen LogP contribution in [0.1, 0.15) is 49.6 Å². The van der Waals surface area contributed by atoms with Crippen LogP contribution in [0.4, 0.5) is 5.69 Å². The molecule has 0 amide bonds. The molecule has 0 radical (unpaired) electrons. The molecule has 39 heavy (non-hydrogen) atoms. The van der Waals surface area contributed by atoms with Crippen molar-refractivity contribution in [2.75, 3.05) is 25.5 Å². The first kappa shape index (κ1) is 26.9. The number of nitrogens with zero attached hydrogens (tertiary/aromatic N) is 2. The molecule has 1 aliphatic rings. The average molecular weight is 536 g/mol. The molecule has 0 unspecified atom stereocenters. The summed E-state index contributed by atoms with van der Waals surface area (Å²) in [6.07, 6.45) is 15.5. The number of hydrogen-bond acceptors (Lipinski definition) is 5. The number of anilines is 1. The van der Waals surface area contributed by atoms with E-state index in [9.17, 15) is 0 Å². The van der Waals surface area contributed by atoms with Crippen molar-refractivity contribution >= 4 is 39.2 Å². The third-order valence-electron chi connectivity index (χ3n) is 7.61. The highest BCUT2D eigenvalue weighted by Gasteiger charge is 2.17. The Hall–Kier alpha value is -3.74. The van der Waals surface area contributed by atoms with Crippen molar-refractivity contribution in [2.45, 2.75) is 32.6 Å². The van der Waals surface area contributed by atoms with Crippen LogP contribution < -0.4 is 10.6 Å². The van der Waals surface area contributed by atoms with Crippen molar-refractivity contribution in [2.24, 2.45) is 5.92 Å². The number of imidazole rings is 1. The van der Waals surface area contributed by atoms with Gasteiger partial charge in [0.25, 0.3) is 0 Å². The molecule has 4 aromatic rings. The Kier molecular flexibility index (Phi) is 8.54. The van der Waals surface area contributed by atoms with Gasteiger partial charge in [-0.3, -0.25) is 4.98 Å². The standard InChI is InChI=1S/C33H37N5S/c1-5-23(17-35-18-24-9-7-8-10-24)15-25(6-2)26-11-12-30(34-4)28(16-26)22(3)33-37-31-20-36-19-29(32(31)38-33)27-13-14-39-21-27/h5-6,11-16,19-21,24,34-35H,1,3,7-10,17-18H2,2,4H3,(H,37,38)/b23-15+,25-6+. The van der Waals surface area contributed by atoms with Crippen LogP contribution in [0, 0.1) is 5.92 Å². The van der Waals surface area contributed by atoms with Gasteiger partial charge in [0.05, 0.1) is 17.2 Å². The van der Waals surface area contributed by atoms with Gasteiger partial charge in [-0.05, 0) is 83.5 Å². The van der Waals surface area contributed by atoms with Gasteiger partial charge in [-0.15, -0.1) is 0 Å². The molecule has 3 heterocycles. The minimum atomic E-state index is 0.739. The molecule has 0 saturated heterocycles. The van der Waals surface area contributed by atoms with Crippen LogP contribution in [0.15, 0.2) is 84.4 Å². The van der Waals surface area contributed by atoms with Crippen molar-refractivity contribution in [3.63, 3.8) is 0 Å². The number of aromatic nitrogens is 3. The lowest BCUT2D eigenvalue weighted by atomic mass is 9.96. The van der Waals surface area contributed by atoms with Crippen LogP contribution in [-0.4, -0.2) is 35.1 Å². The normalized spacial score (nSPS) is 14.7. The lowest BCUT2D eigenvalue weighted by Gasteiger charge is -2.14. The Labute approximate surface area is 235 Å². The zero-order valence-corrected chi connectivity index (χ0v) is 23.7. The minimum Gasteiger partial charge on any atom is -0.388 e. The van der Waals surface area contributed by atoms with Crippen molar-refractivity contribution in [1.29, 1.82) is 0 Å². The third kappa shape index (κ3) is 5.97. The van der Waals surface area contributed by atoms with E-state index in [1.165, 1.54) is 31.3 Å². The number of hydrogen-bond donors (Lipinski definition) is 3. The Balaban J connectivity index is 1.42. The van der Waals surface area contributed by atoms with E-state index in [1.54, 1.807) is 11.3 Å². The summed E-state index contributed by atoms with van der Waals surface area (Å²) in [6.45, 7) is 12.5. The van der Waals surface area contributed by atoms with Gasteiger partial charge in [0, 0.05) is 42.2 Å². The number of thiophene rings is 1.